The molecule has 0 aliphatic rings. The number of hydrogen-bond donors (Lipinski definition) is 0. The molecule has 0 fully saturated rings. The summed E-state index contributed by atoms with van der Waals surface area (Å²) in [6, 6.07) is 63.5. The van der Waals surface area contributed by atoms with Gasteiger partial charge in [0.05, 0.1) is 43.0 Å². The fourth-order valence-electron chi connectivity index (χ4n) is 9.56. The monoisotopic (exact) mass is 833 g/mol. The van der Waals surface area contributed by atoms with Crippen molar-refractivity contribution < 1.29 is 8.53 Å². The molecule has 0 saturated carbocycles. The maximum absolute atomic E-state index is 11.3. The van der Waals surface area contributed by atoms with Crippen LogP contribution in [0.2, 0.25) is 0 Å². The average Bonchev–Trinajstić information content (AvgIpc) is 4.06. The summed E-state index contributed by atoms with van der Waals surface area (Å²) >= 11 is 0. The van der Waals surface area contributed by atoms with Gasteiger partial charge in [0, 0.05) is 49.1 Å². The van der Waals surface area contributed by atoms with E-state index < -0.39 is 0 Å². The predicted octanol–water partition coefficient (Wildman–Crippen LogP) is 14.5. The Morgan fingerprint density at radius 2 is 1.08 bits per heavy atom. The lowest BCUT2D eigenvalue weighted by Gasteiger charge is -2.14. The van der Waals surface area contributed by atoms with Gasteiger partial charge in [0.1, 0.15) is 17.2 Å². The van der Waals surface area contributed by atoms with E-state index in [0.717, 1.165) is 71.2 Å². The van der Waals surface area contributed by atoms with Crippen LogP contribution in [-0.2, 0) is 0 Å². The van der Waals surface area contributed by atoms with Crippen molar-refractivity contribution in [3.63, 3.8) is 0 Å². The number of fused-ring (bicyclic) bond motifs is 10. The first-order chi connectivity index (χ1) is 33.5. The van der Waals surface area contributed by atoms with Crippen LogP contribution in [-0.4, -0.2) is 24.1 Å². The molecule has 0 spiro atoms. The van der Waals surface area contributed by atoms with E-state index in [-0.39, 0.29) is 46.6 Å². The molecule has 0 atom stereocenters. The molecule has 0 unspecified atom stereocenters. The minimum absolute atomic E-state index is 0.0110. The summed E-state index contributed by atoms with van der Waals surface area (Å²) < 4.78 is 40.5. The molecule has 0 saturated heterocycles. The molecule has 0 aliphatic carbocycles. The van der Waals surface area contributed by atoms with Gasteiger partial charge in [-0.2, -0.15) is 5.26 Å². The molecule has 4 heterocycles. The Bertz CT molecular complexity index is 4260. The van der Waals surface area contributed by atoms with E-state index in [0.29, 0.717) is 28.1 Å². The number of rotatable bonds is 6. The number of nitriles is 1. The Morgan fingerprint density at radius 1 is 0.462 bits per heavy atom. The van der Waals surface area contributed by atoms with Crippen LogP contribution < -0.4 is 0 Å². The summed E-state index contributed by atoms with van der Waals surface area (Å²) in [4.78, 5) is 15.2. The van der Waals surface area contributed by atoms with Gasteiger partial charge < -0.3 is 13.6 Å². The molecule has 9 aromatic carbocycles. The molecule has 0 aliphatic heterocycles. The fraction of sp³-hybridized carbons (Fsp3) is 0. The predicted molar refractivity (Wildman–Crippen MR) is 262 cm³/mol. The molecule has 7 nitrogen and oxygen atoms in total. The number of benzene rings is 9. The first-order valence-corrected chi connectivity index (χ1v) is 21.4. The van der Waals surface area contributed by atoms with Crippen LogP contribution in [0.25, 0.3) is 122 Å². The average molecular weight is 834 g/mol. The number of aromatic nitrogens is 5. The maximum atomic E-state index is 11.3. The Morgan fingerprint density at radius 3 is 1.88 bits per heavy atom. The van der Waals surface area contributed by atoms with Crippen molar-refractivity contribution in [3.8, 4) is 62.7 Å². The number of nitrogens with zero attached hydrogens (tertiary/aromatic N) is 6. The van der Waals surface area contributed by atoms with Crippen molar-refractivity contribution in [2.24, 2.45) is 0 Å². The zero-order chi connectivity index (χ0) is 45.6. The van der Waals surface area contributed by atoms with Crippen molar-refractivity contribution >= 4 is 65.6 Å². The molecule has 13 rings (SSSR count). The van der Waals surface area contributed by atoms with E-state index in [9.17, 15) is 9.37 Å². The minimum atomic E-state index is -0.296. The first kappa shape index (κ1) is 33.5. The molecule has 302 valence electrons. The molecule has 0 N–H and O–H groups in total. The van der Waals surface area contributed by atoms with E-state index >= 15 is 0 Å². The lowest BCUT2D eigenvalue weighted by molar-refractivity contribution is 0.669. The maximum Gasteiger partial charge on any atom is 0.167 e. The van der Waals surface area contributed by atoms with Gasteiger partial charge in [-0.3, -0.25) is 0 Å². The Kier molecular flexibility index (Phi) is 7.46. The molecular formula is C58H34N6O. The standard InChI is InChI=1S/C58H34N6O/c59-35-38-34-37(30-32-48(38)64-49-27-12-9-21-41(49)43-31-33-51-53(54(43)64)46-24-10-13-28-50(46)63(51)39-18-5-2-6-19-39)56-60-57(45-23-8-7-20-40(45)36-16-3-1-4-17-36)62-58(61-56)47-26-15-25-44-42-22-11-14-29-52(42)65-55(44)47/h1-34H/i30D,32D,34D. The van der Waals surface area contributed by atoms with Crippen LogP contribution in [0.1, 0.15) is 9.68 Å². The zero-order valence-electron chi connectivity index (χ0n) is 37.5. The van der Waals surface area contributed by atoms with Crippen LogP contribution in [0.3, 0.4) is 0 Å². The smallest absolute Gasteiger partial charge is 0.167 e. The second kappa shape index (κ2) is 14.5. The van der Waals surface area contributed by atoms with Crippen molar-refractivity contribution in [3.05, 3.63) is 212 Å². The van der Waals surface area contributed by atoms with Crippen molar-refractivity contribution in [2.45, 2.75) is 0 Å². The van der Waals surface area contributed by atoms with E-state index in [2.05, 4.69) is 47.0 Å². The van der Waals surface area contributed by atoms with Crippen molar-refractivity contribution in [1.82, 2.24) is 24.1 Å². The van der Waals surface area contributed by atoms with Crippen LogP contribution in [0.5, 0.6) is 0 Å². The molecule has 0 radical (unpaired) electrons. The normalized spacial score (nSPS) is 12.3. The third kappa shape index (κ3) is 5.64. The van der Waals surface area contributed by atoms with Gasteiger partial charge in [-0.05, 0) is 71.7 Å². The number of furan rings is 1. The quantitative estimate of drug-likeness (QED) is 0.167. The van der Waals surface area contributed by atoms with Gasteiger partial charge in [0.25, 0.3) is 0 Å². The van der Waals surface area contributed by atoms with Gasteiger partial charge in [-0.15, -0.1) is 0 Å². The van der Waals surface area contributed by atoms with Crippen molar-refractivity contribution in [2.75, 3.05) is 0 Å². The van der Waals surface area contributed by atoms with Crippen LogP contribution in [0.4, 0.5) is 0 Å². The lowest BCUT2D eigenvalue weighted by Crippen LogP contribution is -2.03. The van der Waals surface area contributed by atoms with Gasteiger partial charge in [-0.1, -0.05) is 146 Å². The first-order valence-electron chi connectivity index (χ1n) is 22.9. The molecule has 4 aromatic heterocycles. The third-order valence-corrected chi connectivity index (χ3v) is 12.4. The highest BCUT2D eigenvalue weighted by atomic mass is 16.3. The molecule has 0 amide bonds. The van der Waals surface area contributed by atoms with Gasteiger partial charge in [0.15, 0.2) is 17.5 Å². The van der Waals surface area contributed by atoms with Crippen LogP contribution in [0.15, 0.2) is 211 Å². The van der Waals surface area contributed by atoms with E-state index in [1.54, 1.807) is 0 Å². The topological polar surface area (TPSA) is 85.5 Å². The van der Waals surface area contributed by atoms with E-state index in [1.165, 1.54) is 0 Å². The number of hydrogen-bond acceptors (Lipinski definition) is 5. The lowest BCUT2D eigenvalue weighted by atomic mass is 9.99. The van der Waals surface area contributed by atoms with Crippen LogP contribution >= 0.6 is 0 Å². The second-order valence-corrected chi connectivity index (χ2v) is 16.0. The summed E-state index contributed by atoms with van der Waals surface area (Å²) in [5.41, 5.74) is 8.83. The molecule has 0 bridgehead atoms. The minimum Gasteiger partial charge on any atom is -0.455 e. The largest absolute Gasteiger partial charge is 0.455 e. The molecule has 7 heteroatoms. The summed E-state index contributed by atoms with van der Waals surface area (Å²) in [7, 11) is 0. The molecular weight excluding hydrogens is 797 g/mol. The SMILES string of the molecule is [2H]c1c([2H])c(-n2c3ccccc3c3ccc4c(c5ccccc5n4-c4ccccc4)c32)c(C#N)c([2H])c1-c1nc(-c2ccccc2-c2ccccc2)nc(-c2cccc3c2oc2ccccc23)n1. The van der Waals surface area contributed by atoms with Gasteiger partial charge >= 0.3 is 0 Å². The Balaban J connectivity index is 1.11. The third-order valence-electron chi connectivity index (χ3n) is 12.4. The zero-order valence-corrected chi connectivity index (χ0v) is 34.5. The summed E-state index contributed by atoms with van der Waals surface area (Å²) in [5, 5.41) is 16.8. The summed E-state index contributed by atoms with van der Waals surface area (Å²) in [5.74, 6) is 0.540. The summed E-state index contributed by atoms with van der Waals surface area (Å²) in [6.07, 6.45) is 0. The fourth-order valence-corrected chi connectivity index (χ4v) is 9.56. The van der Waals surface area contributed by atoms with E-state index in [4.69, 9.17) is 19.4 Å². The van der Waals surface area contributed by atoms with Crippen LogP contribution in [0, 0.1) is 11.3 Å². The Labute approximate surface area is 376 Å². The summed E-state index contributed by atoms with van der Waals surface area (Å²) in [6.45, 7) is 0. The van der Waals surface area contributed by atoms with Crippen molar-refractivity contribution in [1.29, 1.82) is 5.26 Å². The molecule has 65 heavy (non-hydrogen) atoms. The highest BCUT2D eigenvalue weighted by Gasteiger charge is 2.24. The van der Waals surface area contributed by atoms with Gasteiger partial charge in [-0.25, -0.2) is 15.0 Å². The highest BCUT2D eigenvalue weighted by Crippen LogP contribution is 2.43. The second-order valence-electron chi connectivity index (χ2n) is 16.0. The van der Waals surface area contributed by atoms with E-state index in [1.807, 2.05) is 156 Å². The number of para-hydroxylation sites is 5. The molecule has 13 aromatic rings. The highest BCUT2D eigenvalue weighted by molar-refractivity contribution is 6.26. The van der Waals surface area contributed by atoms with Gasteiger partial charge in [0.2, 0.25) is 0 Å². The Hall–Kier alpha value is -9.12.